The van der Waals surface area contributed by atoms with E-state index < -0.39 is 0 Å². The van der Waals surface area contributed by atoms with Crippen molar-refractivity contribution < 1.29 is 9.59 Å². The van der Waals surface area contributed by atoms with Crippen molar-refractivity contribution in [3.8, 4) is 0 Å². The van der Waals surface area contributed by atoms with Crippen LogP contribution in [0.1, 0.15) is 43.0 Å². The average molecular weight is 472 g/mol. The molecule has 0 amide bonds. The molecule has 130 valence electrons. The maximum Gasteiger partial charge on any atom is 0.193 e. The molecule has 26 heavy (non-hydrogen) atoms. The van der Waals surface area contributed by atoms with Crippen LogP contribution < -0.4 is 0 Å². The van der Waals surface area contributed by atoms with E-state index >= 15 is 0 Å². The van der Waals surface area contributed by atoms with Crippen LogP contribution in [0.4, 0.5) is 0 Å². The number of halogens is 2. The lowest BCUT2D eigenvalue weighted by atomic mass is 9.98. The third-order valence-corrected chi connectivity index (χ3v) is 5.45. The van der Waals surface area contributed by atoms with Gasteiger partial charge in [-0.05, 0) is 11.1 Å². The van der Waals surface area contributed by atoms with Gasteiger partial charge in [0.25, 0.3) is 0 Å². The Kier molecular flexibility index (Phi) is 6.17. The van der Waals surface area contributed by atoms with Crippen LogP contribution in [-0.4, -0.2) is 11.6 Å². The average Bonchev–Trinajstić information content (AvgIpc) is 2.73. The summed E-state index contributed by atoms with van der Waals surface area (Å²) < 4.78 is 0. The van der Waals surface area contributed by atoms with Gasteiger partial charge >= 0.3 is 0 Å². The molecule has 3 aromatic carbocycles. The number of hydrogen-bond donors (Lipinski definition) is 0. The summed E-state index contributed by atoms with van der Waals surface area (Å²) in [6, 6.07) is 21.8. The third kappa shape index (κ3) is 4.19. The molecule has 0 aliphatic carbocycles. The number of benzene rings is 3. The highest BCUT2D eigenvalue weighted by atomic mass is 79.9. The minimum Gasteiger partial charge on any atom is -0.289 e. The zero-order chi connectivity index (χ0) is 18.5. The Morgan fingerprint density at radius 1 is 0.500 bits per heavy atom. The summed E-state index contributed by atoms with van der Waals surface area (Å²) in [7, 11) is 0. The van der Waals surface area contributed by atoms with Gasteiger partial charge in [-0.2, -0.15) is 0 Å². The summed E-state index contributed by atoms with van der Waals surface area (Å²) in [6.07, 6.45) is 0. The SMILES string of the molecule is O=C(c1ccc(CBr)cc1)c1ccc(C(=O)c2ccc(CBr)cc2)cc1. The molecule has 0 aliphatic heterocycles. The highest BCUT2D eigenvalue weighted by Gasteiger charge is 2.12. The highest BCUT2D eigenvalue weighted by molar-refractivity contribution is 9.08. The molecule has 0 aliphatic rings. The zero-order valence-corrected chi connectivity index (χ0v) is 17.1. The fraction of sp³-hybridized carbons (Fsp3) is 0.0909. The van der Waals surface area contributed by atoms with Gasteiger partial charge in [-0.3, -0.25) is 9.59 Å². The molecule has 0 N–H and O–H groups in total. The van der Waals surface area contributed by atoms with E-state index in [4.69, 9.17) is 0 Å². The van der Waals surface area contributed by atoms with E-state index in [-0.39, 0.29) is 11.6 Å². The molecule has 0 aromatic heterocycles. The molecule has 0 bridgehead atoms. The minimum atomic E-state index is -0.0493. The van der Waals surface area contributed by atoms with Crippen LogP contribution in [0.5, 0.6) is 0 Å². The second-order valence-corrected chi connectivity index (χ2v) is 7.02. The van der Waals surface area contributed by atoms with Gasteiger partial charge in [-0.15, -0.1) is 0 Å². The van der Waals surface area contributed by atoms with Gasteiger partial charge in [-0.25, -0.2) is 0 Å². The second kappa shape index (κ2) is 8.56. The zero-order valence-electron chi connectivity index (χ0n) is 13.9. The molecular formula is C22H16Br2O2. The number of rotatable bonds is 6. The first-order valence-electron chi connectivity index (χ1n) is 8.11. The number of alkyl halides is 2. The number of carbonyl (C=O) groups excluding carboxylic acids is 2. The topological polar surface area (TPSA) is 34.1 Å². The van der Waals surface area contributed by atoms with Crippen LogP contribution in [0.25, 0.3) is 0 Å². The lowest BCUT2D eigenvalue weighted by molar-refractivity contribution is 0.102. The monoisotopic (exact) mass is 470 g/mol. The molecule has 0 unspecified atom stereocenters. The molecule has 0 spiro atoms. The van der Waals surface area contributed by atoms with Gasteiger partial charge < -0.3 is 0 Å². The second-order valence-electron chi connectivity index (χ2n) is 5.90. The van der Waals surface area contributed by atoms with Gasteiger partial charge in [0.05, 0.1) is 0 Å². The summed E-state index contributed by atoms with van der Waals surface area (Å²) in [5.74, 6) is -0.0985. The lowest BCUT2D eigenvalue weighted by Gasteiger charge is -2.05. The normalized spacial score (nSPS) is 10.5. The number of carbonyl (C=O) groups is 2. The van der Waals surface area contributed by atoms with Gasteiger partial charge in [0.1, 0.15) is 0 Å². The summed E-state index contributed by atoms with van der Waals surface area (Å²) in [5, 5.41) is 1.52. The molecule has 0 atom stereocenters. The van der Waals surface area contributed by atoms with Crippen molar-refractivity contribution in [2.24, 2.45) is 0 Å². The molecule has 0 radical (unpaired) electrons. The van der Waals surface area contributed by atoms with E-state index in [2.05, 4.69) is 31.9 Å². The van der Waals surface area contributed by atoms with E-state index in [0.29, 0.717) is 22.3 Å². The van der Waals surface area contributed by atoms with Crippen LogP contribution >= 0.6 is 31.9 Å². The molecular weight excluding hydrogens is 456 g/mol. The molecule has 0 heterocycles. The Hall–Kier alpha value is -2.04. The fourth-order valence-electron chi connectivity index (χ4n) is 2.60. The first kappa shape index (κ1) is 18.7. The minimum absolute atomic E-state index is 0.0493. The van der Waals surface area contributed by atoms with Crippen LogP contribution in [0.3, 0.4) is 0 Å². The van der Waals surface area contributed by atoms with Crippen molar-refractivity contribution in [1.29, 1.82) is 0 Å². The van der Waals surface area contributed by atoms with Crippen LogP contribution in [-0.2, 0) is 10.7 Å². The Labute approximate surface area is 169 Å². The van der Waals surface area contributed by atoms with Crippen molar-refractivity contribution >= 4 is 43.4 Å². The van der Waals surface area contributed by atoms with Crippen LogP contribution in [0, 0.1) is 0 Å². The van der Waals surface area contributed by atoms with E-state index in [0.717, 1.165) is 21.8 Å². The van der Waals surface area contributed by atoms with E-state index in [1.807, 2.05) is 48.5 Å². The van der Waals surface area contributed by atoms with Crippen molar-refractivity contribution in [3.63, 3.8) is 0 Å². The fourth-order valence-corrected chi connectivity index (χ4v) is 3.34. The number of ketones is 2. The maximum absolute atomic E-state index is 12.6. The van der Waals surface area contributed by atoms with Crippen molar-refractivity contribution in [3.05, 3.63) is 106 Å². The standard InChI is InChI=1S/C22H16Br2O2/c23-13-15-1-5-17(6-2-15)21(25)19-9-11-20(12-10-19)22(26)18-7-3-16(14-24)4-8-18/h1-12H,13-14H2. The molecule has 4 heteroatoms. The molecule has 3 rings (SSSR count). The Morgan fingerprint density at radius 2 is 0.731 bits per heavy atom. The van der Waals surface area contributed by atoms with Crippen molar-refractivity contribution in [2.75, 3.05) is 0 Å². The molecule has 0 fully saturated rings. The molecule has 2 nitrogen and oxygen atoms in total. The maximum atomic E-state index is 12.6. The van der Waals surface area contributed by atoms with Crippen LogP contribution in [0.2, 0.25) is 0 Å². The summed E-state index contributed by atoms with van der Waals surface area (Å²) in [4.78, 5) is 25.1. The first-order chi connectivity index (χ1) is 12.6. The number of hydrogen-bond acceptors (Lipinski definition) is 2. The molecule has 0 saturated carbocycles. The van der Waals surface area contributed by atoms with E-state index in [9.17, 15) is 9.59 Å². The van der Waals surface area contributed by atoms with Gasteiger partial charge in [0.15, 0.2) is 11.6 Å². The first-order valence-corrected chi connectivity index (χ1v) is 10.4. The van der Waals surface area contributed by atoms with E-state index in [1.54, 1.807) is 24.3 Å². The Balaban J connectivity index is 1.78. The smallest absolute Gasteiger partial charge is 0.193 e. The quantitative estimate of drug-likeness (QED) is 0.329. The van der Waals surface area contributed by atoms with Crippen molar-refractivity contribution in [2.45, 2.75) is 10.7 Å². The van der Waals surface area contributed by atoms with Crippen molar-refractivity contribution in [1.82, 2.24) is 0 Å². The highest BCUT2D eigenvalue weighted by Crippen LogP contribution is 2.16. The largest absolute Gasteiger partial charge is 0.289 e. The van der Waals surface area contributed by atoms with E-state index in [1.165, 1.54) is 0 Å². The predicted molar refractivity (Wildman–Crippen MR) is 111 cm³/mol. The van der Waals surface area contributed by atoms with Gasteiger partial charge in [-0.1, -0.05) is 105 Å². The third-order valence-electron chi connectivity index (χ3n) is 4.15. The van der Waals surface area contributed by atoms with Gasteiger partial charge in [0, 0.05) is 32.9 Å². The lowest BCUT2D eigenvalue weighted by Crippen LogP contribution is -2.04. The summed E-state index contributed by atoms with van der Waals surface area (Å²) in [5.41, 5.74) is 4.66. The van der Waals surface area contributed by atoms with Gasteiger partial charge in [0.2, 0.25) is 0 Å². The predicted octanol–water partition coefficient (Wildman–Crippen LogP) is 5.94. The van der Waals surface area contributed by atoms with Crippen LogP contribution in [0.15, 0.2) is 72.8 Å². The molecule has 3 aromatic rings. The molecule has 0 saturated heterocycles. The Bertz CT molecular complexity index is 833. The Morgan fingerprint density at radius 3 is 0.962 bits per heavy atom. The summed E-state index contributed by atoms with van der Waals surface area (Å²) >= 11 is 6.79. The summed E-state index contributed by atoms with van der Waals surface area (Å²) in [6.45, 7) is 0.